The number of aromatic nitrogens is 1. The monoisotopic (exact) mass is 366 g/mol. The van der Waals surface area contributed by atoms with Gasteiger partial charge in [-0.15, -0.1) is 11.3 Å². The fourth-order valence-corrected chi connectivity index (χ4v) is 3.82. The van der Waals surface area contributed by atoms with Crippen molar-refractivity contribution < 1.29 is 23.5 Å². The number of amides is 1. The largest absolute Gasteiger partial charge is 0.476 e. The summed E-state index contributed by atoms with van der Waals surface area (Å²) in [6.07, 6.45) is 1.89. The highest BCUT2D eigenvalue weighted by Gasteiger charge is 2.48. The lowest BCUT2D eigenvalue weighted by atomic mass is 9.63. The molecule has 0 atom stereocenters. The Morgan fingerprint density at radius 2 is 1.96 bits per heavy atom. The number of thiazole rings is 1. The molecule has 1 aliphatic carbocycles. The second kappa shape index (κ2) is 6.87. The van der Waals surface area contributed by atoms with Crippen LogP contribution >= 0.6 is 11.3 Å². The third-order valence-corrected chi connectivity index (χ3v) is 5.39. The number of hydrogen-bond donors (Lipinski definition) is 2. The van der Waals surface area contributed by atoms with Crippen molar-refractivity contribution in [3.05, 3.63) is 51.5 Å². The molecule has 1 aromatic carbocycles. The molecule has 2 N–H and O–H groups in total. The van der Waals surface area contributed by atoms with Crippen LogP contribution in [0.3, 0.4) is 0 Å². The Kier molecular flexibility index (Phi) is 4.80. The lowest BCUT2D eigenvalue weighted by Gasteiger charge is -2.40. The van der Waals surface area contributed by atoms with Crippen molar-refractivity contribution in [3.8, 4) is 0 Å². The highest BCUT2D eigenvalue weighted by Crippen LogP contribution is 2.45. The molecule has 132 valence electrons. The zero-order valence-electron chi connectivity index (χ0n) is 13.2. The van der Waals surface area contributed by atoms with Crippen LogP contribution in [0.25, 0.3) is 0 Å². The molecule has 25 heavy (non-hydrogen) atoms. The van der Waals surface area contributed by atoms with Crippen molar-refractivity contribution in [3.63, 3.8) is 0 Å². The number of carboxylic acid groups (broad SMARTS) is 1. The van der Waals surface area contributed by atoms with Gasteiger partial charge in [0.15, 0.2) is 5.69 Å². The van der Waals surface area contributed by atoms with Crippen molar-refractivity contribution in [1.29, 1.82) is 0 Å². The van der Waals surface area contributed by atoms with Crippen molar-refractivity contribution in [2.45, 2.75) is 31.1 Å². The summed E-state index contributed by atoms with van der Waals surface area (Å²) in [6, 6.07) is 3.60. The fraction of sp³-hybridized carbons (Fsp3) is 0.353. The molecule has 1 amide bonds. The van der Waals surface area contributed by atoms with E-state index in [1.54, 1.807) is 0 Å². The molecule has 0 saturated heterocycles. The fourth-order valence-electron chi connectivity index (χ4n) is 3.05. The van der Waals surface area contributed by atoms with E-state index in [1.165, 1.54) is 22.8 Å². The number of nitrogens with one attached hydrogen (secondary N) is 1. The number of carbonyl (C=O) groups is 2. The summed E-state index contributed by atoms with van der Waals surface area (Å²) in [5, 5.41) is 13.6. The number of halogens is 2. The van der Waals surface area contributed by atoms with Crippen molar-refractivity contribution >= 4 is 23.2 Å². The van der Waals surface area contributed by atoms with Gasteiger partial charge in [0.2, 0.25) is 5.91 Å². The summed E-state index contributed by atoms with van der Waals surface area (Å²) < 4.78 is 28.2. The Bertz CT molecular complexity index is 798. The molecule has 2 aromatic rings. The van der Waals surface area contributed by atoms with Crippen LogP contribution < -0.4 is 5.32 Å². The van der Waals surface area contributed by atoms with E-state index < -0.39 is 28.9 Å². The Labute approximate surface area is 146 Å². The zero-order chi connectivity index (χ0) is 18.0. The SMILES string of the molecule is O=C(O)c1csc(CCNC(=O)C2(c3c(F)cccc3F)CCC2)n1. The van der Waals surface area contributed by atoms with Gasteiger partial charge in [0, 0.05) is 23.9 Å². The summed E-state index contributed by atoms with van der Waals surface area (Å²) in [4.78, 5) is 27.3. The molecule has 0 unspecified atom stereocenters. The second-order valence-electron chi connectivity index (χ2n) is 5.97. The molecule has 1 fully saturated rings. The van der Waals surface area contributed by atoms with E-state index in [0.29, 0.717) is 24.3 Å². The van der Waals surface area contributed by atoms with E-state index in [-0.39, 0.29) is 17.8 Å². The molecular weight excluding hydrogens is 350 g/mol. The molecule has 0 spiro atoms. The van der Waals surface area contributed by atoms with Gasteiger partial charge in [-0.05, 0) is 25.0 Å². The molecule has 0 bridgehead atoms. The maximum atomic E-state index is 14.1. The van der Waals surface area contributed by atoms with Crippen LogP contribution in [0.5, 0.6) is 0 Å². The minimum Gasteiger partial charge on any atom is -0.476 e. The summed E-state index contributed by atoms with van der Waals surface area (Å²) in [5.74, 6) is -2.92. The van der Waals surface area contributed by atoms with Crippen molar-refractivity contribution in [2.75, 3.05) is 6.54 Å². The first-order valence-corrected chi connectivity index (χ1v) is 8.72. The first-order valence-electron chi connectivity index (χ1n) is 7.84. The van der Waals surface area contributed by atoms with Gasteiger partial charge in [0.1, 0.15) is 11.6 Å². The predicted molar refractivity (Wildman–Crippen MR) is 87.7 cm³/mol. The maximum absolute atomic E-state index is 14.1. The number of hydrogen-bond acceptors (Lipinski definition) is 4. The standard InChI is InChI=1S/C17H16F2N2O3S/c18-10-3-1-4-11(19)14(10)17(6-2-7-17)16(24)20-8-5-13-21-12(9-25-13)15(22)23/h1,3-4,9H,2,5-8H2,(H,20,24)(H,22,23). The second-order valence-corrected chi connectivity index (χ2v) is 6.91. The van der Waals surface area contributed by atoms with Gasteiger partial charge in [-0.1, -0.05) is 12.5 Å². The maximum Gasteiger partial charge on any atom is 0.355 e. The number of aromatic carboxylic acids is 1. The smallest absolute Gasteiger partial charge is 0.355 e. The normalized spacial score (nSPS) is 15.4. The Morgan fingerprint density at radius 3 is 2.48 bits per heavy atom. The number of nitrogens with zero attached hydrogens (tertiary/aromatic N) is 1. The van der Waals surface area contributed by atoms with Gasteiger partial charge in [-0.25, -0.2) is 18.6 Å². The highest BCUT2D eigenvalue weighted by molar-refractivity contribution is 7.09. The molecule has 1 aromatic heterocycles. The molecule has 0 radical (unpaired) electrons. The zero-order valence-corrected chi connectivity index (χ0v) is 14.0. The molecule has 0 aliphatic heterocycles. The van der Waals surface area contributed by atoms with Crippen LogP contribution in [0.1, 0.15) is 40.3 Å². The number of rotatable bonds is 6. The Morgan fingerprint density at radius 1 is 1.28 bits per heavy atom. The summed E-state index contributed by atoms with van der Waals surface area (Å²) in [7, 11) is 0. The van der Waals surface area contributed by atoms with Gasteiger partial charge >= 0.3 is 5.97 Å². The van der Waals surface area contributed by atoms with Crippen LogP contribution in [-0.4, -0.2) is 28.5 Å². The van der Waals surface area contributed by atoms with Crippen LogP contribution in [0.4, 0.5) is 8.78 Å². The van der Waals surface area contributed by atoms with Crippen LogP contribution in [-0.2, 0) is 16.6 Å². The van der Waals surface area contributed by atoms with Gasteiger partial charge in [0.25, 0.3) is 0 Å². The molecule has 1 aliphatic rings. The first kappa shape index (κ1) is 17.5. The summed E-state index contributed by atoms with van der Waals surface area (Å²) in [6.45, 7) is 0.225. The highest BCUT2D eigenvalue weighted by atomic mass is 32.1. The third-order valence-electron chi connectivity index (χ3n) is 4.48. The van der Waals surface area contributed by atoms with E-state index in [4.69, 9.17) is 5.11 Å². The lowest BCUT2D eigenvalue weighted by molar-refractivity contribution is -0.130. The van der Waals surface area contributed by atoms with E-state index in [0.717, 1.165) is 18.6 Å². The summed E-state index contributed by atoms with van der Waals surface area (Å²) in [5.41, 5.74) is -1.36. The predicted octanol–water partition coefficient (Wildman–Crippen LogP) is 2.90. The molecule has 1 saturated carbocycles. The Balaban J connectivity index is 1.68. The average molecular weight is 366 g/mol. The number of carbonyl (C=O) groups excluding carboxylic acids is 1. The van der Waals surface area contributed by atoms with Crippen LogP contribution in [0.2, 0.25) is 0 Å². The Hall–Kier alpha value is -2.35. The molecule has 5 nitrogen and oxygen atoms in total. The number of benzene rings is 1. The molecule has 8 heteroatoms. The van der Waals surface area contributed by atoms with Crippen molar-refractivity contribution in [2.24, 2.45) is 0 Å². The van der Waals surface area contributed by atoms with Gasteiger partial charge in [-0.2, -0.15) is 0 Å². The number of carboxylic acids is 1. The van der Waals surface area contributed by atoms with Crippen LogP contribution in [0, 0.1) is 11.6 Å². The molecule has 1 heterocycles. The van der Waals surface area contributed by atoms with Gasteiger partial charge < -0.3 is 10.4 Å². The van der Waals surface area contributed by atoms with E-state index in [9.17, 15) is 18.4 Å². The summed E-state index contributed by atoms with van der Waals surface area (Å²) >= 11 is 1.19. The van der Waals surface area contributed by atoms with E-state index in [2.05, 4.69) is 10.3 Å². The first-order chi connectivity index (χ1) is 11.9. The van der Waals surface area contributed by atoms with E-state index >= 15 is 0 Å². The van der Waals surface area contributed by atoms with E-state index in [1.807, 2.05) is 0 Å². The van der Waals surface area contributed by atoms with Gasteiger partial charge in [-0.3, -0.25) is 4.79 Å². The van der Waals surface area contributed by atoms with Crippen molar-refractivity contribution in [1.82, 2.24) is 10.3 Å². The minimum atomic E-state index is -1.16. The molecule has 3 rings (SSSR count). The van der Waals surface area contributed by atoms with Gasteiger partial charge in [0.05, 0.1) is 10.4 Å². The van der Waals surface area contributed by atoms with Crippen LogP contribution in [0.15, 0.2) is 23.6 Å². The minimum absolute atomic E-state index is 0.0322. The quantitative estimate of drug-likeness (QED) is 0.824. The third kappa shape index (κ3) is 3.26. The lowest BCUT2D eigenvalue weighted by Crippen LogP contribution is -2.50. The topological polar surface area (TPSA) is 79.3 Å². The molecular formula is C17H16F2N2O3S. The average Bonchev–Trinajstić information content (AvgIpc) is 2.98.